The van der Waals surface area contributed by atoms with Crippen molar-refractivity contribution >= 4 is 23.7 Å². The van der Waals surface area contributed by atoms with Crippen molar-refractivity contribution in [2.24, 2.45) is 0 Å². The molecule has 1 heterocycles. The number of amides is 1. The van der Waals surface area contributed by atoms with Gasteiger partial charge in [0.2, 0.25) is 0 Å². The molecule has 0 spiro atoms. The Hall–Kier alpha value is -2.93. The number of hydrogen-bond donors (Lipinski definition) is 0. The zero-order valence-corrected chi connectivity index (χ0v) is 19.7. The third-order valence-electron chi connectivity index (χ3n) is 5.03. The van der Waals surface area contributed by atoms with Gasteiger partial charge in [-0.1, -0.05) is 17.7 Å². The van der Waals surface area contributed by atoms with Gasteiger partial charge in [0.05, 0.1) is 14.2 Å². The average molecular weight is 462 g/mol. The highest BCUT2D eigenvalue weighted by atomic mass is 35.5. The Morgan fingerprint density at radius 1 is 1.12 bits per heavy atom. The summed E-state index contributed by atoms with van der Waals surface area (Å²) in [6, 6.07) is 9.91. The summed E-state index contributed by atoms with van der Waals surface area (Å²) < 4.78 is 21.8. The van der Waals surface area contributed by atoms with Crippen LogP contribution < -0.4 is 9.47 Å². The van der Waals surface area contributed by atoms with Crippen LogP contribution in [-0.4, -0.2) is 43.3 Å². The molecule has 1 aliphatic rings. The molecular formula is C24H28ClNO6. The van der Waals surface area contributed by atoms with E-state index in [-0.39, 0.29) is 6.61 Å². The summed E-state index contributed by atoms with van der Waals surface area (Å²) in [5.41, 5.74) is 1.76. The zero-order chi connectivity index (χ0) is 23.5. The molecule has 0 unspecified atom stereocenters. The topological polar surface area (TPSA) is 74.3 Å². The number of halogens is 1. The molecule has 0 saturated heterocycles. The Kier molecular flexibility index (Phi) is 7.19. The molecule has 0 aromatic heterocycles. The van der Waals surface area contributed by atoms with Gasteiger partial charge in [-0.25, -0.2) is 9.59 Å². The first-order chi connectivity index (χ1) is 15.1. The molecule has 0 radical (unpaired) electrons. The van der Waals surface area contributed by atoms with E-state index >= 15 is 0 Å². The molecule has 7 nitrogen and oxygen atoms in total. The van der Waals surface area contributed by atoms with Crippen LogP contribution in [0.4, 0.5) is 4.79 Å². The lowest BCUT2D eigenvalue weighted by Crippen LogP contribution is -2.46. The van der Waals surface area contributed by atoms with E-state index in [1.54, 1.807) is 58.2 Å². The van der Waals surface area contributed by atoms with E-state index in [9.17, 15) is 9.59 Å². The van der Waals surface area contributed by atoms with Crippen molar-refractivity contribution in [3.63, 3.8) is 0 Å². The molecule has 1 atom stereocenters. The van der Waals surface area contributed by atoms with Gasteiger partial charge in [0.15, 0.2) is 6.04 Å². The van der Waals surface area contributed by atoms with Crippen molar-refractivity contribution in [3.05, 3.63) is 58.1 Å². The second-order valence-electron chi connectivity index (χ2n) is 8.45. The largest absolute Gasteiger partial charge is 0.496 e. The summed E-state index contributed by atoms with van der Waals surface area (Å²) in [6.45, 7) is 5.96. The predicted octanol–water partition coefficient (Wildman–Crippen LogP) is 4.93. The number of carbonyl (C=O) groups excluding carboxylic acids is 2. The lowest BCUT2D eigenvalue weighted by atomic mass is 9.92. The quantitative estimate of drug-likeness (QED) is 0.587. The van der Waals surface area contributed by atoms with Gasteiger partial charge >= 0.3 is 12.1 Å². The number of carbonyl (C=O) groups is 2. The highest BCUT2D eigenvalue weighted by Gasteiger charge is 2.39. The fourth-order valence-corrected chi connectivity index (χ4v) is 3.79. The first-order valence-electron chi connectivity index (χ1n) is 10.3. The van der Waals surface area contributed by atoms with E-state index in [1.165, 1.54) is 12.0 Å². The summed E-state index contributed by atoms with van der Waals surface area (Å²) in [4.78, 5) is 26.7. The average Bonchev–Trinajstić information content (AvgIpc) is 2.75. The van der Waals surface area contributed by atoms with E-state index < -0.39 is 23.7 Å². The molecule has 1 aliphatic heterocycles. The summed E-state index contributed by atoms with van der Waals surface area (Å²) in [6.07, 6.45) is 0.00617. The molecular weight excluding hydrogens is 434 g/mol. The Morgan fingerprint density at radius 2 is 1.88 bits per heavy atom. The maximum absolute atomic E-state index is 12.7. The van der Waals surface area contributed by atoms with Crippen LogP contribution in [-0.2, 0) is 27.3 Å². The van der Waals surface area contributed by atoms with Gasteiger partial charge in [0.25, 0.3) is 0 Å². The fourth-order valence-electron chi connectivity index (χ4n) is 3.60. The summed E-state index contributed by atoms with van der Waals surface area (Å²) in [5, 5.41) is 0.595. The van der Waals surface area contributed by atoms with E-state index in [0.29, 0.717) is 35.1 Å². The molecule has 2 aromatic rings. The minimum absolute atomic E-state index is 0.271. The number of rotatable bonds is 5. The van der Waals surface area contributed by atoms with Crippen molar-refractivity contribution in [1.29, 1.82) is 0 Å². The van der Waals surface area contributed by atoms with Gasteiger partial charge in [-0.2, -0.15) is 0 Å². The standard InChI is InChI=1S/C24H28ClNO6/c1-24(2,3)32-23(28)26-11-10-15-13-18(7-8-19(15)21(26)22(27)30-5)31-14-16-12-17(25)6-9-20(16)29-4/h6-9,12-13,21H,10-11,14H2,1-5H3/t21-/m1/s1. The third kappa shape index (κ3) is 5.46. The number of methoxy groups -OCH3 is 2. The number of nitrogens with zero attached hydrogens (tertiary/aromatic N) is 1. The van der Waals surface area contributed by atoms with Crippen molar-refractivity contribution in [1.82, 2.24) is 4.90 Å². The fraction of sp³-hybridized carbons (Fsp3) is 0.417. The third-order valence-corrected chi connectivity index (χ3v) is 5.27. The Labute approximate surface area is 193 Å². The van der Waals surface area contributed by atoms with Crippen molar-refractivity contribution in [3.8, 4) is 11.5 Å². The minimum atomic E-state index is -0.874. The normalized spacial score (nSPS) is 15.6. The molecule has 0 fully saturated rings. The Bertz CT molecular complexity index is 1000. The van der Waals surface area contributed by atoms with Gasteiger partial charge in [0, 0.05) is 17.1 Å². The van der Waals surface area contributed by atoms with Crippen molar-refractivity contribution < 1.29 is 28.5 Å². The predicted molar refractivity (Wildman–Crippen MR) is 120 cm³/mol. The Balaban J connectivity index is 1.83. The molecule has 32 heavy (non-hydrogen) atoms. The first-order valence-corrected chi connectivity index (χ1v) is 10.7. The lowest BCUT2D eigenvalue weighted by molar-refractivity contribution is -0.147. The van der Waals surface area contributed by atoms with Crippen LogP contribution in [0.5, 0.6) is 11.5 Å². The van der Waals surface area contributed by atoms with Crippen LogP contribution in [0.3, 0.4) is 0 Å². The molecule has 0 aliphatic carbocycles. The lowest BCUT2D eigenvalue weighted by Gasteiger charge is -2.36. The molecule has 1 amide bonds. The smallest absolute Gasteiger partial charge is 0.411 e. The second kappa shape index (κ2) is 9.69. The van der Waals surface area contributed by atoms with Gasteiger partial charge in [0.1, 0.15) is 23.7 Å². The molecule has 0 bridgehead atoms. The number of fused-ring (bicyclic) bond motifs is 1. The van der Waals surface area contributed by atoms with Gasteiger partial charge in [-0.3, -0.25) is 4.90 Å². The molecule has 0 saturated carbocycles. The molecule has 8 heteroatoms. The molecule has 2 aromatic carbocycles. The highest BCUT2D eigenvalue weighted by Crippen LogP contribution is 2.34. The van der Waals surface area contributed by atoms with Crippen LogP contribution in [0.15, 0.2) is 36.4 Å². The first kappa shape index (κ1) is 23.7. The monoisotopic (exact) mass is 461 g/mol. The van der Waals surface area contributed by atoms with Crippen LogP contribution in [0, 0.1) is 0 Å². The maximum atomic E-state index is 12.7. The summed E-state index contributed by atoms with van der Waals surface area (Å²) in [5.74, 6) is 0.806. The van der Waals surface area contributed by atoms with Gasteiger partial charge in [-0.15, -0.1) is 0 Å². The van der Waals surface area contributed by atoms with E-state index in [2.05, 4.69) is 0 Å². The van der Waals surface area contributed by atoms with Crippen LogP contribution in [0.2, 0.25) is 5.02 Å². The van der Waals surface area contributed by atoms with E-state index in [4.69, 9.17) is 30.5 Å². The summed E-state index contributed by atoms with van der Waals surface area (Å²) >= 11 is 6.09. The second-order valence-corrected chi connectivity index (χ2v) is 8.89. The van der Waals surface area contributed by atoms with Gasteiger partial charge < -0.3 is 18.9 Å². The summed E-state index contributed by atoms with van der Waals surface area (Å²) in [7, 11) is 2.90. The van der Waals surface area contributed by atoms with E-state index in [1.807, 2.05) is 6.07 Å². The highest BCUT2D eigenvalue weighted by molar-refractivity contribution is 6.30. The SMILES string of the molecule is COC(=O)[C@H]1c2ccc(OCc3cc(Cl)ccc3OC)cc2CCN1C(=O)OC(C)(C)C. The van der Waals surface area contributed by atoms with Crippen LogP contribution >= 0.6 is 11.6 Å². The maximum Gasteiger partial charge on any atom is 0.411 e. The van der Waals surface area contributed by atoms with Crippen LogP contribution in [0.25, 0.3) is 0 Å². The number of esters is 1. The molecule has 0 N–H and O–H groups in total. The Morgan fingerprint density at radius 3 is 2.53 bits per heavy atom. The van der Waals surface area contributed by atoms with Crippen LogP contribution in [0.1, 0.15) is 43.5 Å². The number of benzene rings is 2. The number of ether oxygens (including phenoxy) is 4. The molecule has 172 valence electrons. The zero-order valence-electron chi connectivity index (χ0n) is 18.9. The van der Waals surface area contributed by atoms with Crippen molar-refractivity contribution in [2.45, 2.75) is 45.4 Å². The number of hydrogen-bond acceptors (Lipinski definition) is 6. The minimum Gasteiger partial charge on any atom is -0.496 e. The van der Waals surface area contributed by atoms with Crippen molar-refractivity contribution in [2.75, 3.05) is 20.8 Å². The van der Waals surface area contributed by atoms with E-state index in [0.717, 1.165) is 11.1 Å². The molecule has 3 rings (SSSR count). The van der Waals surface area contributed by atoms with Gasteiger partial charge in [-0.05, 0) is 68.7 Å².